The zero-order valence-corrected chi connectivity index (χ0v) is 17.3. The van der Waals surface area contributed by atoms with Crippen molar-refractivity contribution in [3.05, 3.63) is 64.7 Å². The number of primary amides is 1. The Bertz CT molecular complexity index is 929. The van der Waals surface area contributed by atoms with Crippen LogP contribution in [0.5, 0.6) is 5.75 Å². The van der Waals surface area contributed by atoms with E-state index in [1.807, 2.05) is 13.8 Å². The van der Waals surface area contributed by atoms with E-state index in [-0.39, 0.29) is 18.4 Å². The maximum atomic E-state index is 12.5. The molecule has 0 spiro atoms. The number of hydrogen-bond acceptors (Lipinski definition) is 5. The lowest BCUT2D eigenvalue weighted by Gasteiger charge is -2.20. The van der Waals surface area contributed by atoms with E-state index in [4.69, 9.17) is 22.1 Å². The smallest absolute Gasteiger partial charge is 0.262 e. The molecular weight excluding hydrogens is 408 g/mol. The van der Waals surface area contributed by atoms with Crippen molar-refractivity contribution in [1.29, 1.82) is 0 Å². The Morgan fingerprint density at radius 2 is 1.87 bits per heavy atom. The van der Waals surface area contributed by atoms with Gasteiger partial charge in [-0.05, 0) is 47.9 Å². The Morgan fingerprint density at radius 3 is 2.50 bits per heavy atom. The summed E-state index contributed by atoms with van der Waals surface area (Å²) in [5.41, 5.74) is 8.52. The van der Waals surface area contributed by atoms with Gasteiger partial charge < -0.3 is 15.8 Å². The maximum Gasteiger partial charge on any atom is 0.262 e. The quantitative estimate of drug-likeness (QED) is 0.416. The average Bonchev–Trinajstić information content (AvgIpc) is 2.70. The van der Waals surface area contributed by atoms with Crippen LogP contribution < -0.4 is 21.2 Å². The molecule has 0 radical (unpaired) electrons. The molecule has 2 aromatic rings. The topological polar surface area (TPSA) is 123 Å². The molecule has 1 atom stereocenters. The van der Waals surface area contributed by atoms with Gasteiger partial charge in [-0.2, -0.15) is 5.10 Å². The number of carbonyl (C=O) groups is 3. The molecule has 0 aliphatic heterocycles. The molecule has 3 amide bonds. The molecule has 158 valence electrons. The third-order valence-corrected chi connectivity index (χ3v) is 4.22. The lowest BCUT2D eigenvalue weighted by Crippen LogP contribution is -2.48. The Hall–Kier alpha value is -3.39. The Labute approximate surface area is 179 Å². The minimum Gasteiger partial charge on any atom is -0.484 e. The molecule has 2 aromatic carbocycles. The van der Waals surface area contributed by atoms with E-state index >= 15 is 0 Å². The fraction of sp³-hybridized carbons (Fsp3) is 0.238. The minimum atomic E-state index is -0.782. The largest absolute Gasteiger partial charge is 0.484 e. The minimum absolute atomic E-state index is 0.165. The second kappa shape index (κ2) is 11.0. The normalized spacial score (nSPS) is 11.9. The first-order chi connectivity index (χ1) is 14.3. The van der Waals surface area contributed by atoms with Crippen LogP contribution in [0.1, 0.15) is 29.8 Å². The van der Waals surface area contributed by atoms with Crippen molar-refractivity contribution >= 4 is 35.5 Å². The lowest BCUT2D eigenvalue weighted by atomic mass is 10.0. The zero-order valence-electron chi connectivity index (χ0n) is 16.6. The van der Waals surface area contributed by atoms with Crippen LogP contribution in [0.25, 0.3) is 0 Å². The Balaban J connectivity index is 1.98. The van der Waals surface area contributed by atoms with Gasteiger partial charge in [-0.1, -0.05) is 37.6 Å². The predicted molar refractivity (Wildman–Crippen MR) is 114 cm³/mol. The molecule has 0 saturated carbocycles. The molecule has 2 rings (SSSR count). The zero-order chi connectivity index (χ0) is 22.1. The molecule has 8 nitrogen and oxygen atoms in total. The van der Waals surface area contributed by atoms with Gasteiger partial charge in [-0.3, -0.25) is 14.4 Å². The second-order valence-electron chi connectivity index (χ2n) is 6.76. The van der Waals surface area contributed by atoms with E-state index in [1.54, 1.807) is 48.5 Å². The number of halogens is 1. The Kier molecular flexibility index (Phi) is 8.37. The monoisotopic (exact) mass is 430 g/mol. The molecule has 0 heterocycles. The number of carbonyl (C=O) groups excluding carboxylic acids is 3. The summed E-state index contributed by atoms with van der Waals surface area (Å²) in [6, 6.07) is 12.4. The molecule has 0 fully saturated rings. The fourth-order valence-corrected chi connectivity index (χ4v) is 2.57. The van der Waals surface area contributed by atoms with Crippen molar-refractivity contribution in [2.75, 3.05) is 6.61 Å². The third-order valence-electron chi connectivity index (χ3n) is 3.97. The lowest BCUT2D eigenvalue weighted by molar-refractivity contribution is -0.124. The number of benzene rings is 2. The third kappa shape index (κ3) is 7.21. The van der Waals surface area contributed by atoms with Crippen LogP contribution in [-0.4, -0.2) is 36.6 Å². The van der Waals surface area contributed by atoms with E-state index in [0.29, 0.717) is 21.9 Å². The van der Waals surface area contributed by atoms with E-state index in [1.165, 1.54) is 6.21 Å². The summed E-state index contributed by atoms with van der Waals surface area (Å²) in [7, 11) is 0. The van der Waals surface area contributed by atoms with Crippen LogP contribution in [0.3, 0.4) is 0 Å². The van der Waals surface area contributed by atoms with Crippen LogP contribution in [0, 0.1) is 5.92 Å². The molecule has 1 unspecified atom stereocenters. The van der Waals surface area contributed by atoms with E-state index < -0.39 is 17.9 Å². The van der Waals surface area contributed by atoms with Crippen LogP contribution in [0.2, 0.25) is 5.02 Å². The predicted octanol–water partition coefficient (Wildman–Crippen LogP) is 2.11. The summed E-state index contributed by atoms with van der Waals surface area (Å²) in [5, 5.41) is 7.15. The number of nitrogens with zero attached hydrogens (tertiary/aromatic N) is 1. The Morgan fingerprint density at radius 1 is 1.17 bits per heavy atom. The van der Waals surface area contributed by atoms with E-state index in [0.717, 1.165) is 0 Å². The number of hydrazone groups is 1. The number of nitrogens with one attached hydrogen (secondary N) is 2. The molecule has 4 N–H and O–H groups in total. The van der Waals surface area contributed by atoms with E-state index in [9.17, 15) is 14.4 Å². The molecule has 9 heteroatoms. The van der Waals surface area contributed by atoms with Gasteiger partial charge in [0.2, 0.25) is 0 Å². The standard InChI is InChI=1S/C21H23ClN4O4/c1-13(2)19(25-20(28)15-6-8-16(22)9-7-15)21(29)26-24-11-14-4-3-5-17(10-14)30-12-18(23)27/h3-11,13,19H,12H2,1-2H3,(H2,23,27)(H,25,28)(H,26,29). The van der Waals surface area contributed by atoms with Crippen LogP contribution >= 0.6 is 11.6 Å². The average molecular weight is 431 g/mol. The highest BCUT2D eigenvalue weighted by Gasteiger charge is 2.24. The number of amides is 3. The van der Waals surface area contributed by atoms with Crippen molar-refractivity contribution in [1.82, 2.24) is 10.7 Å². The molecular formula is C21H23ClN4O4. The van der Waals surface area contributed by atoms with E-state index in [2.05, 4.69) is 15.8 Å². The highest BCUT2D eigenvalue weighted by atomic mass is 35.5. The number of rotatable bonds is 9. The van der Waals surface area contributed by atoms with Crippen molar-refractivity contribution < 1.29 is 19.1 Å². The summed E-state index contributed by atoms with van der Waals surface area (Å²) in [4.78, 5) is 35.7. The summed E-state index contributed by atoms with van der Waals surface area (Å²) >= 11 is 5.83. The van der Waals surface area contributed by atoms with Gasteiger partial charge in [0, 0.05) is 10.6 Å². The highest BCUT2D eigenvalue weighted by molar-refractivity contribution is 6.30. The summed E-state index contributed by atoms with van der Waals surface area (Å²) in [6.07, 6.45) is 1.42. The van der Waals surface area contributed by atoms with Crippen molar-refractivity contribution in [3.8, 4) is 5.75 Å². The van der Waals surface area contributed by atoms with Crippen LogP contribution in [0.4, 0.5) is 0 Å². The summed E-state index contributed by atoms with van der Waals surface area (Å²) < 4.78 is 5.22. The van der Waals surface area contributed by atoms with Gasteiger partial charge in [0.15, 0.2) is 6.61 Å². The number of nitrogens with two attached hydrogens (primary N) is 1. The van der Waals surface area contributed by atoms with Gasteiger partial charge in [0.25, 0.3) is 17.7 Å². The maximum absolute atomic E-state index is 12.5. The van der Waals surface area contributed by atoms with Crippen molar-refractivity contribution in [2.45, 2.75) is 19.9 Å². The second-order valence-corrected chi connectivity index (χ2v) is 7.20. The molecule has 0 aromatic heterocycles. The van der Waals surface area contributed by atoms with Crippen molar-refractivity contribution in [2.24, 2.45) is 16.8 Å². The molecule has 0 saturated heterocycles. The number of ether oxygens (including phenoxy) is 1. The molecule has 0 bridgehead atoms. The van der Waals surface area contributed by atoms with Gasteiger partial charge >= 0.3 is 0 Å². The van der Waals surface area contributed by atoms with Gasteiger partial charge in [-0.15, -0.1) is 0 Å². The van der Waals surface area contributed by atoms with Crippen molar-refractivity contribution in [3.63, 3.8) is 0 Å². The highest BCUT2D eigenvalue weighted by Crippen LogP contribution is 2.12. The first kappa shape index (κ1) is 22.9. The van der Waals surface area contributed by atoms with Crippen LogP contribution in [-0.2, 0) is 9.59 Å². The fourth-order valence-electron chi connectivity index (χ4n) is 2.44. The van der Waals surface area contributed by atoms with Gasteiger partial charge in [0.1, 0.15) is 11.8 Å². The molecule has 30 heavy (non-hydrogen) atoms. The first-order valence-electron chi connectivity index (χ1n) is 9.16. The van der Waals surface area contributed by atoms with Crippen LogP contribution in [0.15, 0.2) is 53.6 Å². The molecule has 0 aliphatic rings. The SMILES string of the molecule is CC(C)C(NC(=O)c1ccc(Cl)cc1)C(=O)NN=Cc1cccc(OCC(N)=O)c1. The van der Waals surface area contributed by atoms with Gasteiger partial charge in [0.05, 0.1) is 6.21 Å². The first-order valence-corrected chi connectivity index (χ1v) is 9.54. The molecule has 0 aliphatic carbocycles. The summed E-state index contributed by atoms with van der Waals surface area (Å²) in [5.74, 6) is -1.14. The summed E-state index contributed by atoms with van der Waals surface area (Å²) in [6.45, 7) is 3.39. The number of hydrogen-bond donors (Lipinski definition) is 3. The van der Waals surface area contributed by atoms with Gasteiger partial charge in [-0.25, -0.2) is 5.43 Å².